The highest BCUT2D eigenvalue weighted by Crippen LogP contribution is 2.37. The molecule has 1 aliphatic rings. The van der Waals surface area contributed by atoms with Crippen LogP contribution >= 0.6 is 7.82 Å². The molecule has 0 saturated heterocycles. The van der Waals surface area contributed by atoms with Crippen molar-refractivity contribution in [2.75, 3.05) is 13.2 Å². The minimum Gasteiger partial charge on any atom is -0.462 e. The van der Waals surface area contributed by atoms with Crippen LogP contribution in [0, 0.1) is 11.8 Å². The number of hydrogen-bond acceptors (Lipinski definition) is 9. The summed E-state index contributed by atoms with van der Waals surface area (Å²) in [5.41, 5.74) is 0. The number of ether oxygens (including phenoxy) is 2. The van der Waals surface area contributed by atoms with Crippen LogP contribution in [0.2, 0.25) is 0 Å². The van der Waals surface area contributed by atoms with E-state index >= 15 is 0 Å². The molecular formula is C43H71O11P. The monoisotopic (exact) mass is 794 g/mol. The molecule has 314 valence electrons. The Hall–Kier alpha value is -2.63. The summed E-state index contributed by atoms with van der Waals surface area (Å²) in [6, 6.07) is 0. The molecule has 1 aliphatic carbocycles. The van der Waals surface area contributed by atoms with Gasteiger partial charge in [0.05, 0.1) is 24.9 Å². The second-order valence-corrected chi connectivity index (χ2v) is 15.4. The number of phosphoric ester groups is 1. The van der Waals surface area contributed by atoms with Gasteiger partial charge in [-0.15, -0.1) is 0 Å². The van der Waals surface area contributed by atoms with Crippen molar-refractivity contribution in [2.45, 2.75) is 160 Å². The zero-order valence-corrected chi connectivity index (χ0v) is 34.3. The summed E-state index contributed by atoms with van der Waals surface area (Å²) in [6.07, 6.45) is 35.7. The van der Waals surface area contributed by atoms with Gasteiger partial charge in [0.15, 0.2) is 6.10 Å². The van der Waals surface area contributed by atoms with E-state index in [1.54, 1.807) is 6.08 Å². The van der Waals surface area contributed by atoms with Gasteiger partial charge in [0, 0.05) is 25.2 Å². The summed E-state index contributed by atoms with van der Waals surface area (Å²) in [5, 5.41) is 31.2. The van der Waals surface area contributed by atoms with Gasteiger partial charge in [-0.2, -0.15) is 0 Å². The van der Waals surface area contributed by atoms with Crippen molar-refractivity contribution < 1.29 is 53.3 Å². The van der Waals surface area contributed by atoms with Crippen molar-refractivity contribution in [3.63, 3.8) is 0 Å². The van der Waals surface area contributed by atoms with E-state index in [-0.39, 0.29) is 37.7 Å². The SMILES string of the molecule is CC/C=C\C/C=C\C/C=C\C/C=C\CCCCCCC(=O)OC[C@H](COP(=O)(O)O)OC(=O)CCC/C=C/C[C@@H]1[C@@H](/C=C/[C@@H](O)CCCCC)[C@H](O)C[C@@H]1O. The minimum atomic E-state index is -4.83. The van der Waals surface area contributed by atoms with Crippen LogP contribution in [0.25, 0.3) is 0 Å². The van der Waals surface area contributed by atoms with Crippen LogP contribution in [-0.4, -0.2) is 74.7 Å². The third-order valence-electron chi connectivity index (χ3n) is 9.28. The average Bonchev–Trinajstić information content (AvgIpc) is 3.41. The molecule has 1 fully saturated rings. The van der Waals surface area contributed by atoms with Gasteiger partial charge in [0.1, 0.15) is 6.61 Å². The van der Waals surface area contributed by atoms with Gasteiger partial charge in [-0.05, 0) is 76.5 Å². The van der Waals surface area contributed by atoms with Gasteiger partial charge in [0.25, 0.3) is 0 Å². The molecule has 1 saturated carbocycles. The predicted molar refractivity (Wildman–Crippen MR) is 218 cm³/mol. The highest BCUT2D eigenvalue weighted by molar-refractivity contribution is 7.46. The largest absolute Gasteiger partial charge is 0.469 e. The van der Waals surface area contributed by atoms with Gasteiger partial charge in [-0.1, -0.05) is 119 Å². The van der Waals surface area contributed by atoms with Crippen LogP contribution in [0.4, 0.5) is 0 Å². The molecule has 12 heteroatoms. The topological polar surface area (TPSA) is 180 Å². The third-order valence-corrected chi connectivity index (χ3v) is 9.76. The smallest absolute Gasteiger partial charge is 0.462 e. The Balaban J connectivity index is 2.33. The fourth-order valence-corrected chi connectivity index (χ4v) is 6.54. The van der Waals surface area contributed by atoms with E-state index in [1.165, 1.54) is 0 Å². The van der Waals surface area contributed by atoms with Gasteiger partial charge < -0.3 is 34.6 Å². The summed E-state index contributed by atoms with van der Waals surface area (Å²) >= 11 is 0. The molecule has 0 aromatic heterocycles. The molecule has 0 spiro atoms. The number of esters is 2. The summed E-state index contributed by atoms with van der Waals surface area (Å²) in [5.74, 6) is -1.55. The first-order valence-electron chi connectivity index (χ1n) is 20.5. The number of phosphoric acid groups is 1. The Morgan fingerprint density at radius 1 is 0.727 bits per heavy atom. The maximum atomic E-state index is 12.5. The van der Waals surface area contributed by atoms with E-state index in [4.69, 9.17) is 19.3 Å². The maximum Gasteiger partial charge on any atom is 0.469 e. The highest BCUT2D eigenvalue weighted by Gasteiger charge is 2.39. The molecule has 0 unspecified atom stereocenters. The molecular weight excluding hydrogens is 723 g/mol. The number of unbranched alkanes of at least 4 members (excludes halogenated alkanes) is 7. The fourth-order valence-electron chi connectivity index (χ4n) is 6.18. The molecule has 5 N–H and O–H groups in total. The Morgan fingerprint density at radius 3 is 2.02 bits per heavy atom. The molecule has 0 bridgehead atoms. The van der Waals surface area contributed by atoms with Crippen LogP contribution in [0.5, 0.6) is 0 Å². The molecule has 55 heavy (non-hydrogen) atoms. The standard InChI is InChI=1S/C43H71O11P/c1-3-5-7-8-9-10-11-12-13-14-15-16-17-18-19-20-25-29-42(47)52-34-37(35-53-55(49,50)51)54-43(48)30-26-22-21-24-28-38-39(41(46)33-40(38)45)32-31-36(44)27-23-6-4-2/h5,7,9-10,12-13,15-16,21,24,31-32,36-41,44-46H,3-4,6,8,11,14,17-20,22-23,25-30,33-35H2,1-2H3,(H2,49,50,51)/b7-5-,10-9-,13-12-,16-15-,24-21+,32-31+/t36-,37+,38+,39+,40-,41+/m0/s1. The summed E-state index contributed by atoms with van der Waals surface area (Å²) in [7, 11) is -4.83. The lowest BCUT2D eigenvalue weighted by Crippen LogP contribution is -2.29. The van der Waals surface area contributed by atoms with E-state index in [0.29, 0.717) is 32.1 Å². The van der Waals surface area contributed by atoms with Crippen LogP contribution in [0.3, 0.4) is 0 Å². The van der Waals surface area contributed by atoms with E-state index in [9.17, 15) is 29.5 Å². The van der Waals surface area contributed by atoms with E-state index in [2.05, 4.69) is 67.0 Å². The van der Waals surface area contributed by atoms with Crippen molar-refractivity contribution in [2.24, 2.45) is 11.8 Å². The molecule has 1 rings (SSSR count). The molecule has 0 aromatic carbocycles. The minimum absolute atomic E-state index is 0.0255. The van der Waals surface area contributed by atoms with Crippen molar-refractivity contribution in [1.29, 1.82) is 0 Å². The Kier molecular flexibility index (Phi) is 29.7. The Morgan fingerprint density at radius 2 is 1.35 bits per heavy atom. The van der Waals surface area contributed by atoms with Crippen LogP contribution in [-0.2, 0) is 28.2 Å². The lowest BCUT2D eigenvalue weighted by atomic mass is 9.89. The lowest BCUT2D eigenvalue weighted by molar-refractivity contribution is -0.161. The van der Waals surface area contributed by atoms with E-state index in [1.807, 2.05) is 18.2 Å². The molecule has 6 atom stereocenters. The zero-order valence-electron chi connectivity index (χ0n) is 33.4. The first-order valence-corrected chi connectivity index (χ1v) is 22.0. The number of aliphatic hydroxyl groups excluding tert-OH is 3. The van der Waals surface area contributed by atoms with Gasteiger partial charge in [0.2, 0.25) is 0 Å². The number of carbonyl (C=O) groups excluding carboxylic acids is 2. The fraction of sp³-hybridized carbons (Fsp3) is 0.674. The number of carbonyl (C=O) groups is 2. The van der Waals surface area contributed by atoms with Crippen LogP contribution < -0.4 is 0 Å². The molecule has 0 radical (unpaired) electrons. The van der Waals surface area contributed by atoms with Crippen molar-refractivity contribution in [3.05, 3.63) is 72.9 Å². The van der Waals surface area contributed by atoms with Crippen molar-refractivity contribution in [1.82, 2.24) is 0 Å². The zero-order chi connectivity index (χ0) is 40.6. The number of allylic oxidation sites excluding steroid dienone is 10. The normalized spacial score (nSPS) is 20.6. The number of hydrogen-bond donors (Lipinski definition) is 5. The van der Waals surface area contributed by atoms with E-state index in [0.717, 1.165) is 70.6 Å². The maximum absolute atomic E-state index is 12.5. The van der Waals surface area contributed by atoms with Crippen LogP contribution in [0.15, 0.2) is 72.9 Å². The quantitative estimate of drug-likeness (QED) is 0.0190. The molecule has 11 nitrogen and oxygen atoms in total. The summed E-state index contributed by atoms with van der Waals surface area (Å²) in [6.45, 7) is 3.23. The first kappa shape index (κ1) is 50.4. The second kappa shape index (κ2) is 32.5. The Labute approximate surface area is 330 Å². The van der Waals surface area contributed by atoms with E-state index < -0.39 is 50.8 Å². The summed E-state index contributed by atoms with van der Waals surface area (Å²) < 4.78 is 26.3. The lowest BCUT2D eigenvalue weighted by Gasteiger charge is -2.19. The van der Waals surface area contributed by atoms with Crippen molar-refractivity contribution in [3.8, 4) is 0 Å². The third kappa shape index (κ3) is 28.4. The van der Waals surface area contributed by atoms with Crippen LogP contribution in [0.1, 0.15) is 136 Å². The van der Waals surface area contributed by atoms with Gasteiger partial charge in [-0.3, -0.25) is 14.1 Å². The van der Waals surface area contributed by atoms with Gasteiger partial charge >= 0.3 is 19.8 Å². The molecule has 0 aliphatic heterocycles. The highest BCUT2D eigenvalue weighted by atomic mass is 31.2. The average molecular weight is 795 g/mol. The Bertz CT molecular complexity index is 1230. The molecule has 0 aromatic rings. The summed E-state index contributed by atoms with van der Waals surface area (Å²) in [4.78, 5) is 43.0. The number of rotatable bonds is 32. The van der Waals surface area contributed by atoms with Gasteiger partial charge in [-0.25, -0.2) is 4.57 Å². The second-order valence-electron chi connectivity index (χ2n) is 14.2. The van der Waals surface area contributed by atoms with Crippen molar-refractivity contribution >= 4 is 19.8 Å². The number of aliphatic hydroxyl groups is 3. The molecule has 0 amide bonds. The predicted octanol–water partition coefficient (Wildman–Crippen LogP) is 8.67. The first-order chi connectivity index (χ1) is 26.5. The molecule has 0 heterocycles.